The van der Waals surface area contributed by atoms with Crippen LogP contribution in [0.1, 0.15) is 59.8 Å². The second kappa shape index (κ2) is 7.77. The SMILES string of the molecule is CCNC1CC2CCCC(C1)N2C(COCC)C(C)C. The number of ether oxygens (including phenoxy) is 1. The summed E-state index contributed by atoms with van der Waals surface area (Å²) in [6.45, 7) is 11.9. The lowest BCUT2D eigenvalue weighted by molar-refractivity contribution is -0.0551. The van der Waals surface area contributed by atoms with E-state index in [1.807, 2.05) is 0 Å². The van der Waals surface area contributed by atoms with Crippen LogP contribution in [0.5, 0.6) is 0 Å². The maximum Gasteiger partial charge on any atom is 0.0624 e. The number of piperidine rings is 2. The molecule has 0 aromatic heterocycles. The maximum atomic E-state index is 5.79. The first-order chi connectivity index (χ1) is 9.67. The first kappa shape index (κ1) is 16.3. The van der Waals surface area contributed by atoms with Gasteiger partial charge in [-0.2, -0.15) is 0 Å². The van der Waals surface area contributed by atoms with Gasteiger partial charge in [0.05, 0.1) is 6.61 Å². The zero-order valence-electron chi connectivity index (χ0n) is 13.9. The monoisotopic (exact) mass is 282 g/mol. The van der Waals surface area contributed by atoms with E-state index in [2.05, 4.69) is 37.9 Å². The van der Waals surface area contributed by atoms with Gasteiger partial charge in [0, 0.05) is 30.8 Å². The molecule has 0 amide bonds. The van der Waals surface area contributed by atoms with Crippen molar-refractivity contribution in [2.24, 2.45) is 5.92 Å². The molecule has 2 rings (SSSR count). The van der Waals surface area contributed by atoms with Gasteiger partial charge in [0.2, 0.25) is 0 Å². The molecule has 3 unspecified atom stereocenters. The van der Waals surface area contributed by atoms with E-state index in [9.17, 15) is 0 Å². The topological polar surface area (TPSA) is 24.5 Å². The van der Waals surface area contributed by atoms with Crippen molar-refractivity contribution in [3.8, 4) is 0 Å². The first-order valence-corrected chi connectivity index (χ1v) is 8.75. The van der Waals surface area contributed by atoms with E-state index in [4.69, 9.17) is 4.74 Å². The van der Waals surface area contributed by atoms with Gasteiger partial charge in [-0.25, -0.2) is 0 Å². The molecule has 2 fully saturated rings. The van der Waals surface area contributed by atoms with Crippen LogP contribution in [0.15, 0.2) is 0 Å². The van der Waals surface area contributed by atoms with Crippen molar-refractivity contribution in [1.82, 2.24) is 10.2 Å². The predicted octanol–water partition coefficient (Wildman–Crippen LogP) is 3.04. The molecule has 0 radical (unpaired) electrons. The van der Waals surface area contributed by atoms with Crippen LogP contribution in [0.4, 0.5) is 0 Å². The molecular weight excluding hydrogens is 248 g/mol. The van der Waals surface area contributed by atoms with Gasteiger partial charge in [-0.1, -0.05) is 27.2 Å². The molecule has 0 aromatic rings. The molecule has 2 saturated heterocycles. The number of rotatable bonds is 7. The fourth-order valence-electron chi connectivity index (χ4n) is 4.28. The molecule has 2 aliphatic heterocycles. The van der Waals surface area contributed by atoms with Gasteiger partial charge >= 0.3 is 0 Å². The van der Waals surface area contributed by atoms with Crippen molar-refractivity contribution in [1.29, 1.82) is 0 Å². The number of nitrogens with zero attached hydrogens (tertiary/aromatic N) is 1. The zero-order chi connectivity index (χ0) is 14.5. The Balaban J connectivity index is 2.05. The molecule has 1 N–H and O–H groups in total. The summed E-state index contributed by atoms with van der Waals surface area (Å²) in [7, 11) is 0. The molecular formula is C17H34N2O. The summed E-state index contributed by atoms with van der Waals surface area (Å²) in [5, 5.41) is 3.69. The fraction of sp³-hybridized carbons (Fsp3) is 1.00. The van der Waals surface area contributed by atoms with Crippen LogP contribution >= 0.6 is 0 Å². The minimum absolute atomic E-state index is 0.604. The Kier molecular flexibility index (Phi) is 6.31. The molecule has 2 aliphatic rings. The second-order valence-corrected chi connectivity index (χ2v) is 6.88. The van der Waals surface area contributed by atoms with Crippen molar-refractivity contribution >= 4 is 0 Å². The summed E-state index contributed by atoms with van der Waals surface area (Å²) < 4.78 is 5.79. The van der Waals surface area contributed by atoms with Crippen molar-refractivity contribution in [3.63, 3.8) is 0 Å². The third-order valence-corrected chi connectivity index (χ3v) is 5.17. The van der Waals surface area contributed by atoms with Crippen molar-refractivity contribution < 1.29 is 4.74 Å². The average Bonchev–Trinajstić information content (AvgIpc) is 2.39. The summed E-state index contributed by atoms with van der Waals surface area (Å²) in [4.78, 5) is 2.84. The predicted molar refractivity (Wildman–Crippen MR) is 85.1 cm³/mol. The highest BCUT2D eigenvalue weighted by Gasteiger charge is 2.42. The van der Waals surface area contributed by atoms with Crippen molar-refractivity contribution in [3.05, 3.63) is 0 Å². The third-order valence-electron chi connectivity index (χ3n) is 5.17. The van der Waals surface area contributed by atoms with Gasteiger partial charge in [0.1, 0.15) is 0 Å². The van der Waals surface area contributed by atoms with Gasteiger partial charge in [0.15, 0.2) is 0 Å². The Bertz CT molecular complexity index is 268. The molecule has 2 heterocycles. The standard InChI is InChI=1S/C17H34N2O/c1-5-18-14-10-15-8-7-9-16(11-14)19(15)17(13(3)4)12-20-6-2/h13-18H,5-12H2,1-4H3. The van der Waals surface area contributed by atoms with Gasteiger partial charge in [-0.3, -0.25) is 4.90 Å². The summed E-state index contributed by atoms with van der Waals surface area (Å²) in [5.74, 6) is 0.681. The van der Waals surface area contributed by atoms with Gasteiger partial charge in [-0.05, 0) is 45.1 Å². The molecule has 118 valence electrons. The maximum absolute atomic E-state index is 5.79. The lowest BCUT2D eigenvalue weighted by Gasteiger charge is -2.53. The van der Waals surface area contributed by atoms with E-state index >= 15 is 0 Å². The van der Waals surface area contributed by atoms with E-state index in [1.54, 1.807) is 0 Å². The minimum atomic E-state index is 0.604. The Labute approximate surface area is 125 Å². The molecule has 0 saturated carbocycles. The summed E-state index contributed by atoms with van der Waals surface area (Å²) >= 11 is 0. The van der Waals surface area contributed by atoms with Gasteiger partial charge in [-0.15, -0.1) is 0 Å². The molecule has 3 atom stereocenters. The van der Waals surface area contributed by atoms with Crippen molar-refractivity contribution in [2.75, 3.05) is 19.8 Å². The smallest absolute Gasteiger partial charge is 0.0624 e. The molecule has 3 nitrogen and oxygen atoms in total. The highest BCUT2D eigenvalue weighted by molar-refractivity contribution is 4.98. The van der Waals surface area contributed by atoms with Crippen LogP contribution in [-0.2, 0) is 4.74 Å². The van der Waals surface area contributed by atoms with E-state index in [1.165, 1.54) is 32.1 Å². The van der Waals surface area contributed by atoms with Crippen LogP contribution in [0, 0.1) is 5.92 Å². The van der Waals surface area contributed by atoms with Crippen LogP contribution in [0.2, 0.25) is 0 Å². The summed E-state index contributed by atoms with van der Waals surface area (Å²) in [5.41, 5.74) is 0. The Hall–Kier alpha value is -0.120. The van der Waals surface area contributed by atoms with E-state index in [0.29, 0.717) is 12.0 Å². The van der Waals surface area contributed by atoms with Crippen LogP contribution in [-0.4, -0.2) is 48.8 Å². The number of hydrogen-bond donors (Lipinski definition) is 1. The van der Waals surface area contributed by atoms with E-state index in [-0.39, 0.29) is 0 Å². The summed E-state index contributed by atoms with van der Waals surface area (Å²) in [6.07, 6.45) is 6.85. The van der Waals surface area contributed by atoms with Crippen molar-refractivity contribution in [2.45, 2.75) is 84.0 Å². The number of nitrogens with one attached hydrogen (secondary N) is 1. The molecule has 3 heteroatoms. The van der Waals surface area contributed by atoms with Crippen LogP contribution < -0.4 is 5.32 Å². The highest BCUT2D eigenvalue weighted by Crippen LogP contribution is 2.37. The number of hydrogen-bond acceptors (Lipinski definition) is 3. The fourth-order valence-corrected chi connectivity index (χ4v) is 4.28. The Morgan fingerprint density at radius 1 is 1.15 bits per heavy atom. The van der Waals surface area contributed by atoms with Crippen LogP contribution in [0.25, 0.3) is 0 Å². The zero-order valence-corrected chi connectivity index (χ0v) is 13.9. The molecule has 0 spiro atoms. The highest BCUT2D eigenvalue weighted by atomic mass is 16.5. The molecule has 2 bridgehead atoms. The third kappa shape index (κ3) is 3.75. The second-order valence-electron chi connectivity index (χ2n) is 6.88. The largest absolute Gasteiger partial charge is 0.380 e. The van der Waals surface area contributed by atoms with Gasteiger partial charge in [0.25, 0.3) is 0 Å². The Morgan fingerprint density at radius 2 is 1.80 bits per heavy atom. The van der Waals surface area contributed by atoms with E-state index in [0.717, 1.165) is 37.9 Å². The lowest BCUT2D eigenvalue weighted by atomic mass is 9.79. The van der Waals surface area contributed by atoms with Gasteiger partial charge < -0.3 is 10.1 Å². The quantitative estimate of drug-likeness (QED) is 0.777. The minimum Gasteiger partial charge on any atom is -0.380 e. The Morgan fingerprint density at radius 3 is 2.30 bits per heavy atom. The molecule has 0 aromatic carbocycles. The summed E-state index contributed by atoms with van der Waals surface area (Å²) in [6, 6.07) is 2.90. The average molecular weight is 282 g/mol. The molecule has 0 aliphatic carbocycles. The normalized spacial score (nSPS) is 32.5. The molecule has 20 heavy (non-hydrogen) atoms. The lowest BCUT2D eigenvalue weighted by Crippen LogP contribution is -2.61. The first-order valence-electron chi connectivity index (χ1n) is 8.75. The van der Waals surface area contributed by atoms with E-state index < -0.39 is 0 Å². The number of fused-ring (bicyclic) bond motifs is 2. The van der Waals surface area contributed by atoms with Crippen LogP contribution in [0.3, 0.4) is 0 Å².